The number of guanidine groups is 1. The van der Waals surface area contributed by atoms with Crippen LogP contribution in [0.15, 0.2) is 29.3 Å². The lowest BCUT2D eigenvalue weighted by molar-refractivity contribution is 0.115. The molecule has 6 nitrogen and oxygen atoms in total. The van der Waals surface area contributed by atoms with Gasteiger partial charge in [-0.3, -0.25) is 4.99 Å². The monoisotopic (exact) mass is 362 g/mol. The maximum absolute atomic E-state index is 5.80. The molecule has 0 aromatic heterocycles. The number of nitrogens with zero attached hydrogens (tertiary/aromatic N) is 3. The van der Waals surface area contributed by atoms with Crippen molar-refractivity contribution < 1.29 is 9.47 Å². The van der Waals surface area contributed by atoms with E-state index in [0.717, 1.165) is 43.9 Å². The first-order chi connectivity index (χ1) is 12.6. The Kier molecular flexibility index (Phi) is 8.71. The zero-order chi connectivity index (χ0) is 18.8. The molecule has 1 saturated carbocycles. The molecule has 2 rings (SSSR count). The number of ether oxygens (including phenoxy) is 2. The van der Waals surface area contributed by atoms with Gasteiger partial charge in [-0.25, -0.2) is 0 Å². The first-order valence-electron chi connectivity index (χ1n) is 9.44. The minimum atomic E-state index is 0.690. The van der Waals surface area contributed by atoms with Gasteiger partial charge in [0.25, 0.3) is 0 Å². The smallest absolute Gasteiger partial charge is 0.193 e. The van der Waals surface area contributed by atoms with Crippen LogP contribution in [-0.2, 0) is 11.3 Å². The fourth-order valence-corrected chi connectivity index (χ4v) is 2.50. The second-order valence-corrected chi connectivity index (χ2v) is 7.14. The molecule has 6 heteroatoms. The Labute approximate surface area is 158 Å². The average molecular weight is 363 g/mol. The number of rotatable bonds is 11. The van der Waals surface area contributed by atoms with Gasteiger partial charge in [0.2, 0.25) is 0 Å². The van der Waals surface area contributed by atoms with Gasteiger partial charge < -0.3 is 24.6 Å². The second kappa shape index (κ2) is 11.0. The summed E-state index contributed by atoms with van der Waals surface area (Å²) in [6.07, 6.45) is 2.66. The molecular weight excluding hydrogens is 328 g/mol. The van der Waals surface area contributed by atoms with E-state index < -0.39 is 0 Å². The third kappa shape index (κ3) is 8.06. The van der Waals surface area contributed by atoms with Crippen molar-refractivity contribution in [3.63, 3.8) is 0 Å². The summed E-state index contributed by atoms with van der Waals surface area (Å²) in [6, 6.07) is 8.20. The molecule has 1 aromatic carbocycles. The van der Waals surface area contributed by atoms with Crippen LogP contribution in [0.2, 0.25) is 0 Å². The van der Waals surface area contributed by atoms with E-state index in [4.69, 9.17) is 9.47 Å². The fourth-order valence-electron chi connectivity index (χ4n) is 2.50. The Balaban J connectivity index is 1.72. The van der Waals surface area contributed by atoms with E-state index in [0.29, 0.717) is 13.2 Å². The summed E-state index contributed by atoms with van der Waals surface area (Å²) in [6.45, 7) is 4.78. The summed E-state index contributed by atoms with van der Waals surface area (Å²) in [5, 5.41) is 3.41. The van der Waals surface area contributed by atoms with E-state index in [-0.39, 0.29) is 0 Å². The van der Waals surface area contributed by atoms with Crippen LogP contribution in [0, 0.1) is 5.92 Å². The van der Waals surface area contributed by atoms with Crippen molar-refractivity contribution in [1.82, 2.24) is 15.1 Å². The Morgan fingerprint density at radius 3 is 2.69 bits per heavy atom. The molecular formula is C20H34N4O2. The second-order valence-electron chi connectivity index (χ2n) is 7.14. The molecule has 0 heterocycles. The molecule has 1 fully saturated rings. The molecule has 0 aliphatic heterocycles. The molecule has 0 amide bonds. The van der Waals surface area contributed by atoms with Crippen LogP contribution < -0.4 is 10.1 Å². The van der Waals surface area contributed by atoms with Gasteiger partial charge in [-0.05, 0) is 50.6 Å². The Hall–Kier alpha value is -1.79. The zero-order valence-corrected chi connectivity index (χ0v) is 16.7. The number of likely N-dealkylation sites (N-methyl/N-ethyl adjacent to an activating group) is 2. The van der Waals surface area contributed by atoms with E-state index in [1.54, 1.807) is 0 Å². The van der Waals surface area contributed by atoms with E-state index in [1.165, 1.54) is 18.4 Å². The average Bonchev–Trinajstić information content (AvgIpc) is 3.44. The van der Waals surface area contributed by atoms with Crippen molar-refractivity contribution in [3.8, 4) is 5.75 Å². The third-order valence-electron chi connectivity index (χ3n) is 4.35. The summed E-state index contributed by atoms with van der Waals surface area (Å²) in [4.78, 5) is 8.57. The summed E-state index contributed by atoms with van der Waals surface area (Å²) in [5.74, 6) is 2.59. The summed E-state index contributed by atoms with van der Waals surface area (Å²) in [5.41, 5.74) is 1.17. The minimum Gasteiger partial charge on any atom is -0.492 e. The summed E-state index contributed by atoms with van der Waals surface area (Å²) >= 11 is 0. The van der Waals surface area contributed by atoms with Crippen LogP contribution in [0.4, 0.5) is 0 Å². The Morgan fingerprint density at radius 1 is 1.19 bits per heavy atom. The van der Waals surface area contributed by atoms with Gasteiger partial charge in [0.1, 0.15) is 12.4 Å². The van der Waals surface area contributed by atoms with Crippen molar-refractivity contribution in [2.45, 2.75) is 19.4 Å². The van der Waals surface area contributed by atoms with Crippen molar-refractivity contribution in [2.24, 2.45) is 10.9 Å². The van der Waals surface area contributed by atoms with E-state index in [1.807, 2.05) is 40.3 Å². The predicted molar refractivity (Wildman–Crippen MR) is 107 cm³/mol. The molecule has 1 aromatic rings. The van der Waals surface area contributed by atoms with Crippen LogP contribution in [0.25, 0.3) is 0 Å². The van der Waals surface area contributed by atoms with Crippen LogP contribution in [-0.4, -0.2) is 76.9 Å². The van der Waals surface area contributed by atoms with Crippen molar-refractivity contribution in [3.05, 3.63) is 29.8 Å². The van der Waals surface area contributed by atoms with Gasteiger partial charge >= 0.3 is 0 Å². The molecule has 1 N–H and O–H groups in total. The van der Waals surface area contributed by atoms with Gasteiger partial charge in [-0.2, -0.15) is 0 Å². The van der Waals surface area contributed by atoms with Crippen molar-refractivity contribution in [2.75, 3.05) is 61.1 Å². The maximum Gasteiger partial charge on any atom is 0.193 e. The minimum absolute atomic E-state index is 0.690. The quantitative estimate of drug-likeness (QED) is 0.371. The summed E-state index contributed by atoms with van der Waals surface area (Å²) in [7, 11) is 7.94. The van der Waals surface area contributed by atoms with Gasteiger partial charge in [-0.15, -0.1) is 0 Å². The van der Waals surface area contributed by atoms with Crippen LogP contribution >= 0.6 is 0 Å². The highest BCUT2D eigenvalue weighted by atomic mass is 16.5. The van der Waals surface area contributed by atoms with E-state index >= 15 is 0 Å². The van der Waals surface area contributed by atoms with E-state index in [2.05, 4.69) is 32.2 Å². The predicted octanol–water partition coefficient (Wildman–Crippen LogP) is 2.06. The fraction of sp³-hybridized carbons (Fsp3) is 0.650. The molecule has 146 valence electrons. The summed E-state index contributed by atoms with van der Waals surface area (Å²) < 4.78 is 11.5. The lowest BCUT2D eigenvalue weighted by atomic mass is 10.2. The molecule has 26 heavy (non-hydrogen) atoms. The lowest BCUT2D eigenvalue weighted by Crippen LogP contribution is -2.40. The van der Waals surface area contributed by atoms with Crippen molar-refractivity contribution >= 4 is 5.96 Å². The SMILES string of the molecule is CN=C(NCc1cccc(OCCN(C)C)c1)N(C)CCOCC1CC1. The highest BCUT2D eigenvalue weighted by Crippen LogP contribution is 2.28. The first kappa shape index (κ1) is 20.5. The molecule has 1 aliphatic carbocycles. The highest BCUT2D eigenvalue weighted by molar-refractivity contribution is 5.79. The number of benzene rings is 1. The van der Waals surface area contributed by atoms with Crippen LogP contribution in [0.3, 0.4) is 0 Å². The third-order valence-corrected chi connectivity index (χ3v) is 4.35. The Morgan fingerprint density at radius 2 is 2.00 bits per heavy atom. The number of hydrogen-bond acceptors (Lipinski definition) is 4. The largest absolute Gasteiger partial charge is 0.492 e. The molecule has 0 atom stereocenters. The lowest BCUT2D eigenvalue weighted by Gasteiger charge is -2.22. The molecule has 0 bridgehead atoms. The van der Waals surface area contributed by atoms with Crippen molar-refractivity contribution in [1.29, 1.82) is 0 Å². The van der Waals surface area contributed by atoms with Gasteiger partial charge in [0.05, 0.1) is 6.61 Å². The molecule has 0 unspecified atom stereocenters. The van der Waals surface area contributed by atoms with Gasteiger partial charge in [0.15, 0.2) is 5.96 Å². The number of hydrogen-bond donors (Lipinski definition) is 1. The first-order valence-corrected chi connectivity index (χ1v) is 9.44. The van der Waals surface area contributed by atoms with E-state index in [9.17, 15) is 0 Å². The van der Waals surface area contributed by atoms with Crippen LogP contribution in [0.1, 0.15) is 18.4 Å². The maximum atomic E-state index is 5.80. The van der Waals surface area contributed by atoms with Gasteiger partial charge in [0, 0.05) is 40.3 Å². The standard InChI is InChI=1S/C20H34N4O2/c1-21-20(24(4)11-12-25-16-17-8-9-17)22-15-18-6-5-7-19(14-18)26-13-10-23(2)3/h5-7,14,17H,8-13,15-16H2,1-4H3,(H,21,22). The molecule has 1 aliphatic rings. The highest BCUT2D eigenvalue weighted by Gasteiger charge is 2.21. The molecule has 0 saturated heterocycles. The topological polar surface area (TPSA) is 49.3 Å². The molecule has 0 radical (unpaired) electrons. The number of nitrogens with one attached hydrogen (secondary N) is 1. The van der Waals surface area contributed by atoms with Crippen LogP contribution in [0.5, 0.6) is 5.75 Å². The zero-order valence-electron chi connectivity index (χ0n) is 16.7. The van der Waals surface area contributed by atoms with Gasteiger partial charge in [-0.1, -0.05) is 12.1 Å². The number of aliphatic imine (C=N–C) groups is 1. The normalized spacial score (nSPS) is 14.6. The Bertz CT molecular complexity index is 558. The molecule has 0 spiro atoms.